The summed E-state index contributed by atoms with van der Waals surface area (Å²) in [6.07, 6.45) is 0. The summed E-state index contributed by atoms with van der Waals surface area (Å²) in [7, 11) is 0. The Kier molecular flexibility index (Phi) is 5.29. The molecule has 19 heavy (non-hydrogen) atoms. The highest BCUT2D eigenvalue weighted by molar-refractivity contribution is 5.86. The Morgan fingerprint density at radius 2 is 1.63 bits per heavy atom. The van der Waals surface area contributed by atoms with Gasteiger partial charge in [0.25, 0.3) is 0 Å². The fourth-order valence-electron chi connectivity index (χ4n) is 1.99. The number of nitrogens with one attached hydrogen (secondary N) is 1. The van der Waals surface area contributed by atoms with Gasteiger partial charge in [-0.05, 0) is 13.8 Å². The molecular weight excluding hydrogens is 250 g/mol. The zero-order valence-electron chi connectivity index (χ0n) is 11.5. The normalized spacial score (nSPS) is 19.6. The smallest absolute Gasteiger partial charge is 0.325 e. The molecule has 1 aliphatic heterocycles. The maximum Gasteiger partial charge on any atom is 0.325 e. The van der Waals surface area contributed by atoms with Crippen LogP contribution < -0.4 is 5.32 Å². The molecule has 0 aromatic carbocycles. The van der Waals surface area contributed by atoms with Crippen LogP contribution in [0, 0.1) is 0 Å². The molecule has 1 fully saturated rings. The molecule has 0 radical (unpaired) electrons. The molecule has 108 valence electrons. The minimum atomic E-state index is -1.05. The molecule has 2 unspecified atom stereocenters. The molecule has 1 aliphatic rings. The van der Waals surface area contributed by atoms with Gasteiger partial charge in [-0.3, -0.25) is 19.3 Å². The summed E-state index contributed by atoms with van der Waals surface area (Å²) in [5, 5.41) is 11.2. The Morgan fingerprint density at radius 3 is 2.05 bits per heavy atom. The Balaban J connectivity index is 2.46. The highest BCUT2D eigenvalue weighted by atomic mass is 16.4. The Labute approximate surface area is 112 Å². The van der Waals surface area contributed by atoms with Crippen molar-refractivity contribution >= 4 is 17.8 Å². The SMILES string of the molecule is CC(=O)N1CCN(C(C)C(=O)NC(C)C(=O)O)CC1. The van der Waals surface area contributed by atoms with E-state index in [-0.39, 0.29) is 11.8 Å². The van der Waals surface area contributed by atoms with E-state index >= 15 is 0 Å². The van der Waals surface area contributed by atoms with Gasteiger partial charge in [-0.2, -0.15) is 0 Å². The van der Waals surface area contributed by atoms with E-state index in [1.807, 2.05) is 4.90 Å². The summed E-state index contributed by atoms with van der Waals surface area (Å²) in [5.74, 6) is -1.32. The van der Waals surface area contributed by atoms with E-state index in [1.54, 1.807) is 11.8 Å². The van der Waals surface area contributed by atoms with Gasteiger partial charge >= 0.3 is 5.97 Å². The van der Waals surface area contributed by atoms with E-state index in [0.29, 0.717) is 26.2 Å². The number of carbonyl (C=O) groups is 3. The van der Waals surface area contributed by atoms with Gasteiger partial charge in [0.2, 0.25) is 11.8 Å². The maximum absolute atomic E-state index is 11.9. The van der Waals surface area contributed by atoms with Gasteiger partial charge in [0.15, 0.2) is 0 Å². The van der Waals surface area contributed by atoms with Gasteiger partial charge in [-0.1, -0.05) is 0 Å². The van der Waals surface area contributed by atoms with Crippen molar-refractivity contribution in [2.24, 2.45) is 0 Å². The van der Waals surface area contributed by atoms with Gasteiger partial charge in [-0.15, -0.1) is 0 Å². The van der Waals surface area contributed by atoms with Crippen molar-refractivity contribution in [2.75, 3.05) is 26.2 Å². The van der Waals surface area contributed by atoms with Crippen LogP contribution in [0.3, 0.4) is 0 Å². The van der Waals surface area contributed by atoms with Crippen LogP contribution in [0.25, 0.3) is 0 Å². The van der Waals surface area contributed by atoms with Crippen LogP contribution in [0.15, 0.2) is 0 Å². The predicted molar refractivity (Wildman–Crippen MR) is 68.5 cm³/mol. The molecule has 0 spiro atoms. The number of hydrogen-bond acceptors (Lipinski definition) is 4. The maximum atomic E-state index is 11.9. The number of carboxylic acid groups (broad SMARTS) is 1. The fraction of sp³-hybridized carbons (Fsp3) is 0.750. The Hall–Kier alpha value is -1.63. The van der Waals surface area contributed by atoms with Crippen LogP contribution in [0.5, 0.6) is 0 Å². The third kappa shape index (κ3) is 4.20. The van der Waals surface area contributed by atoms with Gasteiger partial charge in [-0.25, -0.2) is 0 Å². The second-order valence-corrected chi connectivity index (χ2v) is 4.79. The first-order valence-electron chi connectivity index (χ1n) is 6.35. The lowest BCUT2D eigenvalue weighted by molar-refractivity contribution is -0.142. The molecule has 7 nitrogen and oxygen atoms in total. The standard InChI is InChI=1S/C12H21N3O4/c1-8(12(18)19)13-11(17)9(2)14-4-6-15(7-5-14)10(3)16/h8-9H,4-7H2,1-3H3,(H,13,17)(H,18,19). The molecule has 1 heterocycles. The first-order chi connectivity index (χ1) is 8.82. The van der Waals surface area contributed by atoms with Crippen molar-refractivity contribution in [3.8, 4) is 0 Å². The van der Waals surface area contributed by atoms with Gasteiger partial charge < -0.3 is 15.3 Å². The van der Waals surface area contributed by atoms with E-state index in [1.165, 1.54) is 13.8 Å². The topological polar surface area (TPSA) is 90.0 Å². The summed E-state index contributed by atoms with van der Waals surface area (Å²) >= 11 is 0. The van der Waals surface area contributed by atoms with E-state index in [0.717, 1.165) is 0 Å². The van der Waals surface area contributed by atoms with Crippen LogP contribution in [0.2, 0.25) is 0 Å². The summed E-state index contributed by atoms with van der Waals surface area (Å²) in [4.78, 5) is 37.4. The van der Waals surface area contributed by atoms with Crippen molar-refractivity contribution in [2.45, 2.75) is 32.9 Å². The van der Waals surface area contributed by atoms with Gasteiger partial charge in [0.1, 0.15) is 6.04 Å². The van der Waals surface area contributed by atoms with Crippen molar-refractivity contribution in [1.29, 1.82) is 0 Å². The predicted octanol–water partition coefficient (Wildman–Crippen LogP) is -0.872. The van der Waals surface area contributed by atoms with Crippen molar-refractivity contribution in [3.05, 3.63) is 0 Å². The average Bonchev–Trinajstić information content (AvgIpc) is 2.37. The monoisotopic (exact) mass is 271 g/mol. The lowest BCUT2D eigenvalue weighted by Crippen LogP contribution is -2.56. The highest BCUT2D eigenvalue weighted by Crippen LogP contribution is 2.07. The number of carboxylic acids is 1. The Bertz CT molecular complexity index is 364. The molecular formula is C12H21N3O4. The van der Waals surface area contributed by atoms with E-state index in [9.17, 15) is 14.4 Å². The molecule has 0 aromatic rings. The molecule has 1 rings (SSSR count). The number of amides is 2. The van der Waals surface area contributed by atoms with Crippen LogP contribution in [-0.2, 0) is 14.4 Å². The molecule has 2 atom stereocenters. The minimum absolute atomic E-state index is 0.0382. The van der Waals surface area contributed by atoms with E-state index < -0.39 is 18.1 Å². The number of nitrogens with zero attached hydrogens (tertiary/aromatic N) is 2. The number of rotatable bonds is 4. The summed E-state index contributed by atoms with van der Waals surface area (Å²) < 4.78 is 0. The molecule has 2 N–H and O–H groups in total. The molecule has 0 aromatic heterocycles. The van der Waals surface area contributed by atoms with Crippen LogP contribution >= 0.6 is 0 Å². The minimum Gasteiger partial charge on any atom is -0.480 e. The second kappa shape index (κ2) is 6.51. The summed E-state index contributed by atoms with van der Waals surface area (Å²) in [5.41, 5.74) is 0. The van der Waals surface area contributed by atoms with Gasteiger partial charge in [0, 0.05) is 33.1 Å². The quantitative estimate of drug-likeness (QED) is 0.693. The number of hydrogen-bond donors (Lipinski definition) is 2. The molecule has 0 bridgehead atoms. The third-order valence-corrected chi connectivity index (χ3v) is 3.42. The van der Waals surface area contributed by atoms with Crippen LogP contribution in [0.4, 0.5) is 0 Å². The zero-order valence-corrected chi connectivity index (χ0v) is 11.5. The third-order valence-electron chi connectivity index (χ3n) is 3.42. The van der Waals surface area contributed by atoms with Gasteiger partial charge in [0.05, 0.1) is 6.04 Å². The van der Waals surface area contributed by atoms with E-state index in [2.05, 4.69) is 5.32 Å². The van der Waals surface area contributed by atoms with Crippen molar-refractivity contribution < 1.29 is 19.5 Å². The second-order valence-electron chi connectivity index (χ2n) is 4.79. The summed E-state index contributed by atoms with van der Waals surface area (Å²) in [6, 6.07) is -1.29. The van der Waals surface area contributed by atoms with E-state index in [4.69, 9.17) is 5.11 Å². The lowest BCUT2D eigenvalue weighted by Gasteiger charge is -2.37. The molecule has 0 saturated carbocycles. The number of carbonyl (C=O) groups excluding carboxylic acids is 2. The fourth-order valence-corrected chi connectivity index (χ4v) is 1.99. The molecule has 1 saturated heterocycles. The first kappa shape index (κ1) is 15.4. The Morgan fingerprint density at radius 1 is 1.11 bits per heavy atom. The summed E-state index contributed by atoms with van der Waals surface area (Å²) in [6.45, 7) is 7.14. The zero-order chi connectivity index (χ0) is 14.6. The number of piperazine rings is 1. The molecule has 2 amide bonds. The molecule has 0 aliphatic carbocycles. The lowest BCUT2D eigenvalue weighted by atomic mass is 10.2. The van der Waals surface area contributed by atoms with Crippen molar-refractivity contribution in [3.63, 3.8) is 0 Å². The molecule has 7 heteroatoms. The highest BCUT2D eigenvalue weighted by Gasteiger charge is 2.27. The van der Waals surface area contributed by atoms with Crippen molar-refractivity contribution in [1.82, 2.24) is 15.1 Å². The number of aliphatic carboxylic acids is 1. The first-order valence-corrected chi connectivity index (χ1v) is 6.35. The largest absolute Gasteiger partial charge is 0.480 e. The average molecular weight is 271 g/mol. The van der Waals surface area contributed by atoms with Crippen LogP contribution in [-0.4, -0.2) is 71.0 Å². The van der Waals surface area contributed by atoms with Crippen LogP contribution in [0.1, 0.15) is 20.8 Å².